The van der Waals surface area contributed by atoms with Crippen molar-refractivity contribution in [3.63, 3.8) is 0 Å². The molecule has 3 heteroatoms. The average Bonchev–Trinajstić information content (AvgIpc) is 2.16. The Morgan fingerprint density at radius 1 is 1.25 bits per heavy atom. The fraction of sp³-hybridized carbons (Fsp3) is 0.889. The summed E-state index contributed by atoms with van der Waals surface area (Å²) >= 11 is 0. The van der Waals surface area contributed by atoms with Crippen molar-refractivity contribution in [2.24, 2.45) is 0 Å². The Balaban J connectivity index is 0. The van der Waals surface area contributed by atoms with Crippen molar-refractivity contribution in [2.45, 2.75) is 27.7 Å². The number of carbonyl (C=O) groups excluding carboxylic acids is 1. The summed E-state index contributed by atoms with van der Waals surface area (Å²) in [5.41, 5.74) is 0. The molecule has 3 nitrogen and oxygen atoms in total. The zero-order chi connectivity index (χ0) is 9.82. The van der Waals surface area contributed by atoms with Gasteiger partial charge in [-0.3, -0.25) is 4.79 Å². The van der Waals surface area contributed by atoms with Crippen LogP contribution in [0.15, 0.2) is 0 Å². The maximum Gasteiger partial charge on any atom is 0.207 e. The Kier molecular flexibility index (Phi) is 15.2. The maximum atomic E-state index is 9.83. The second kappa shape index (κ2) is 13.1. The third-order valence-electron chi connectivity index (χ3n) is 1.55. The quantitative estimate of drug-likeness (QED) is 0.483. The SMILES string of the molecule is CC.CCN(CC)CCNC=O. The molecular formula is C9H22N2O. The Labute approximate surface area is 76.1 Å². The number of rotatable bonds is 6. The summed E-state index contributed by atoms with van der Waals surface area (Å²) in [5, 5.41) is 2.63. The zero-order valence-electron chi connectivity index (χ0n) is 8.76. The molecule has 1 N–H and O–H groups in total. The molecule has 12 heavy (non-hydrogen) atoms. The van der Waals surface area contributed by atoms with E-state index in [9.17, 15) is 4.79 Å². The van der Waals surface area contributed by atoms with Crippen LogP contribution in [0.3, 0.4) is 0 Å². The molecule has 0 unspecified atom stereocenters. The molecule has 1 amide bonds. The van der Waals surface area contributed by atoms with Crippen LogP contribution >= 0.6 is 0 Å². The first-order valence-corrected chi connectivity index (χ1v) is 4.74. The number of hydrogen-bond donors (Lipinski definition) is 1. The highest BCUT2D eigenvalue weighted by Gasteiger charge is 1.95. The maximum absolute atomic E-state index is 9.83. The van der Waals surface area contributed by atoms with Crippen LogP contribution < -0.4 is 5.32 Å². The first-order valence-electron chi connectivity index (χ1n) is 4.74. The van der Waals surface area contributed by atoms with Crippen LogP contribution in [0.4, 0.5) is 0 Å². The molecule has 0 saturated carbocycles. The second-order valence-electron chi connectivity index (χ2n) is 2.10. The summed E-state index contributed by atoms with van der Waals surface area (Å²) in [6.45, 7) is 12.0. The molecule has 0 aromatic rings. The lowest BCUT2D eigenvalue weighted by Crippen LogP contribution is -2.31. The summed E-state index contributed by atoms with van der Waals surface area (Å²) in [6.07, 6.45) is 0.740. The summed E-state index contributed by atoms with van der Waals surface area (Å²) in [6, 6.07) is 0. The molecule has 0 aliphatic carbocycles. The number of amides is 1. The second-order valence-corrected chi connectivity index (χ2v) is 2.10. The zero-order valence-corrected chi connectivity index (χ0v) is 8.76. The van der Waals surface area contributed by atoms with Crippen molar-refractivity contribution >= 4 is 6.41 Å². The summed E-state index contributed by atoms with van der Waals surface area (Å²) in [4.78, 5) is 12.1. The minimum atomic E-state index is 0.740. The third kappa shape index (κ3) is 9.43. The first kappa shape index (κ1) is 14.0. The van der Waals surface area contributed by atoms with Gasteiger partial charge in [0.05, 0.1) is 0 Å². The predicted octanol–water partition coefficient (Wildman–Crippen LogP) is 1.10. The Bertz CT molecular complexity index is 82.6. The smallest absolute Gasteiger partial charge is 0.207 e. The molecule has 74 valence electrons. The van der Waals surface area contributed by atoms with Crippen molar-refractivity contribution in [1.29, 1.82) is 0 Å². The van der Waals surface area contributed by atoms with Gasteiger partial charge in [-0.2, -0.15) is 0 Å². The van der Waals surface area contributed by atoms with Gasteiger partial charge >= 0.3 is 0 Å². The van der Waals surface area contributed by atoms with Gasteiger partial charge in [0.25, 0.3) is 0 Å². The molecule has 0 aliphatic rings. The van der Waals surface area contributed by atoms with Crippen LogP contribution in [-0.2, 0) is 4.79 Å². The number of hydrogen-bond acceptors (Lipinski definition) is 2. The average molecular weight is 174 g/mol. The molecule has 0 aromatic heterocycles. The van der Waals surface area contributed by atoms with E-state index in [2.05, 4.69) is 24.1 Å². The van der Waals surface area contributed by atoms with Gasteiger partial charge in [-0.25, -0.2) is 0 Å². The molecule has 0 aromatic carbocycles. The lowest BCUT2D eigenvalue weighted by atomic mass is 10.5. The largest absolute Gasteiger partial charge is 0.357 e. The van der Waals surface area contributed by atoms with E-state index < -0.39 is 0 Å². The van der Waals surface area contributed by atoms with Crippen LogP contribution in [0.5, 0.6) is 0 Å². The number of likely N-dealkylation sites (N-methyl/N-ethyl adjacent to an activating group) is 1. The highest BCUT2D eigenvalue weighted by molar-refractivity contribution is 5.45. The Morgan fingerprint density at radius 3 is 2.08 bits per heavy atom. The lowest BCUT2D eigenvalue weighted by molar-refractivity contribution is -0.109. The molecule has 0 aliphatic heterocycles. The number of carbonyl (C=O) groups is 1. The number of nitrogens with zero attached hydrogens (tertiary/aromatic N) is 1. The lowest BCUT2D eigenvalue weighted by Gasteiger charge is -2.16. The fourth-order valence-electron chi connectivity index (χ4n) is 0.821. The molecule has 0 spiro atoms. The minimum absolute atomic E-state index is 0.740. The Morgan fingerprint density at radius 2 is 1.75 bits per heavy atom. The summed E-state index contributed by atoms with van der Waals surface area (Å²) in [7, 11) is 0. The van der Waals surface area contributed by atoms with Gasteiger partial charge in [0.1, 0.15) is 0 Å². The molecule has 0 heterocycles. The summed E-state index contributed by atoms with van der Waals surface area (Å²) in [5.74, 6) is 0. The van der Waals surface area contributed by atoms with Crippen molar-refractivity contribution in [3.8, 4) is 0 Å². The van der Waals surface area contributed by atoms with Crippen LogP contribution in [0.1, 0.15) is 27.7 Å². The monoisotopic (exact) mass is 174 g/mol. The van der Waals surface area contributed by atoms with Crippen molar-refractivity contribution in [2.75, 3.05) is 26.2 Å². The van der Waals surface area contributed by atoms with Gasteiger partial charge in [-0.1, -0.05) is 27.7 Å². The van der Waals surface area contributed by atoms with E-state index >= 15 is 0 Å². The molecule has 0 atom stereocenters. The van der Waals surface area contributed by atoms with E-state index in [-0.39, 0.29) is 0 Å². The Hall–Kier alpha value is -0.570. The standard InChI is InChI=1S/C7H16N2O.C2H6/c1-3-9(4-2)6-5-8-7-10;1-2/h7H,3-6H2,1-2H3,(H,8,10);1-2H3. The van der Waals surface area contributed by atoms with Gasteiger partial charge in [0.2, 0.25) is 6.41 Å². The van der Waals surface area contributed by atoms with E-state index in [1.165, 1.54) is 0 Å². The molecular weight excluding hydrogens is 152 g/mol. The van der Waals surface area contributed by atoms with Crippen molar-refractivity contribution < 1.29 is 4.79 Å². The van der Waals surface area contributed by atoms with Gasteiger partial charge in [-0.15, -0.1) is 0 Å². The first-order chi connectivity index (χ1) is 5.85. The van der Waals surface area contributed by atoms with Gasteiger partial charge in [-0.05, 0) is 13.1 Å². The van der Waals surface area contributed by atoms with Crippen LogP contribution in [0.2, 0.25) is 0 Å². The third-order valence-corrected chi connectivity index (χ3v) is 1.55. The topological polar surface area (TPSA) is 32.3 Å². The normalized spacial score (nSPS) is 8.75. The van der Waals surface area contributed by atoms with E-state index in [0.717, 1.165) is 32.6 Å². The van der Waals surface area contributed by atoms with Gasteiger partial charge in [0.15, 0.2) is 0 Å². The van der Waals surface area contributed by atoms with Crippen LogP contribution in [-0.4, -0.2) is 37.5 Å². The van der Waals surface area contributed by atoms with E-state index in [1.807, 2.05) is 13.8 Å². The minimum Gasteiger partial charge on any atom is -0.357 e. The molecule has 0 bridgehead atoms. The molecule has 0 radical (unpaired) electrons. The molecule has 0 fully saturated rings. The van der Waals surface area contributed by atoms with Gasteiger partial charge in [0, 0.05) is 13.1 Å². The predicted molar refractivity (Wildman–Crippen MR) is 53.2 cm³/mol. The van der Waals surface area contributed by atoms with Crippen LogP contribution in [0.25, 0.3) is 0 Å². The highest BCUT2D eigenvalue weighted by Crippen LogP contribution is 1.82. The van der Waals surface area contributed by atoms with E-state index in [1.54, 1.807) is 0 Å². The van der Waals surface area contributed by atoms with Crippen molar-refractivity contribution in [3.05, 3.63) is 0 Å². The van der Waals surface area contributed by atoms with E-state index in [0.29, 0.717) is 0 Å². The molecule has 0 saturated heterocycles. The number of nitrogens with one attached hydrogen (secondary N) is 1. The van der Waals surface area contributed by atoms with Crippen molar-refractivity contribution in [1.82, 2.24) is 10.2 Å². The highest BCUT2D eigenvalue weighted by atomic mass is 16.1. The van der Waals surface area contributed by atoms with E-state index in [4.69, 9.17) is 0 Å². The van der Waals surface area contributed by atoms with Gasteiger partial charge < -0.3 is 10.2 Å². The summed E-state index contributed by atoms with van der Waals surface area (Å²) < 4.78 is 0. The van der Waals surface area contributed by atoms with Crippen LogP contribution in [0, 0.1) is 0 Å². The fourth-order valence-corrected chi connectivity index (χ4v) is 0.821. The molecule has 0 rings (SSSR count).